The van der Waals surface area contributed by atoms with E-state index in [1.165, 1.54) is 0 Å². The molecule has 138 valence electrons. The molecule has 0 bridgehead atoms. The molecule has 0 aliphatic heterocycles. The smallest absolute Gasteiger partial charge is 0.274 e. The first-order valence-corrected chi connectivity index (χ1v) is 8.80. The maximum atomic E-state index is 12.7. The Morgan fingerprint density at radius 2 is 1.85 bits per heavy atom. The minimum atomic E-state index is -0.265. The van der Waals surface area contributed by atoms with Gasteiger partial charge in [-0.25, -0.2) is 9.97 Å². The molecule has 3 rings (SSSR count). The van der Waals surface area contributed by atoms with Gasteiger partial charge in [-0.15, -0.1) is 0 Å². The van der Waals surface area contributed by atoms with E-state index in [4.69, 9.17) is 0 Å². The number of nitrogens with zero attached hydrogens (tertiary/aromatic N) is 3. The molecule has 0 aliphatic rings. The highest BCUT2D eigenvalue weighted by atomic mass is 16.1. The molecule has 0 radical (unpaired) electrons. The minimum absolute atomic E-state index is 0.0774. The topological polar surface area (TPSA) is 79.8 Å². The molecule has 0 fully saturated rings. The lowest BCUT2D eigenvalue weighted by molar-refractivity contribution is 0.102. The van der Waals surface area contributed by atoms with Gasteiger partial charge in [-0.2, -0.15) is 0 Å². The summed E-state index contributed by atoms with van der Waals surface area (Å²) in [6, 6.07) is 13.2. The van der Waals surface area contributed by atoms with Gasteiger partial charge < -0.3 is 10.6 Å². The monoisotopic (exact) mass is 361 g/mol. The Kier molecular flexibility index (Phi) is 5.45. The van der Waals surface area contributed by atoms with E-state index < -0.39 is 0 Å². The number of anilines is 2. The van der Waals surface area contributed by atoms with Gasteiger partial charge in [-0.3, -0.25) is 9.78 Å². The van der Waals surface area contributed by atoms with E-state index in [0.29, 0.717) is 18.2 Å². The molecule has 6 nitrogen and oxygen atoms in total. The fraction of sp³-hybridized carbons (Fsp3) is 0.238. The molecular formula is C21H23N5O. The molecule has 3 aromatic rings. The summed E-state index contributed by atoms with van der Waals surface area (Å²) in [4.78, 5) is 25.3. The molecule has 1 aromatic carbocycles. The number of nitrogens with one attached hydrogen (secondary N) is 2. The van der Waals surface area contributed by atoms with Crippen molar-refractivity contribution < 1.29 is 4.79 Å². The van der Waals surface area contributed by atoms with Gasteiger partial charge in [0.2, 0.25) is 5.95 Å². The Hall–Kier alpha value is -3.28. The van der Waals surface area contributed by atoms with Crippen LogP contribution in [0.1, 0.15) is 42.4 Å². The summed E-state index contributed by atoms with van der Waals surface area (Å²) in [5, 5.41) is 6.08. The fourth-order valence-corrected chi connectivity index (χ4v) is 2.69. The zero-order valence-electron chi connectivity index (χ0n) is 15.7. The summed E-state index contributed by atoms with van der Waals surface area (Å²) >= 11 is 0. The maximum absolute atomic E-state index is 12.7. The van der Waals surface area contributed by atoms with Gasteiger partial charge in [0.15, 0.2) is 0 Å². The van der Waals surface area contributed by atoms with Crippen molar-refractivity contribution in [2.24, 2.45) is 0 Å². The van der Waals surface area contributed by atoms with Gasteiger partial charge in [-0.05, 0) is 34.7 Å². The summed E-state index contributed by atoms with van der Waals surface area (Å²) in [7, 11) is 0. The van der Waals surface area contributed by atoms with E-state index in [1.54, 1.807) is 24.7 Å². The van der Waals surface area contributed by atoms with Gasteiger partial charge in [-0.1, -0.05) is 45.0 Å². The van der Waals surface area contributed by atoms with Crippen LogP contribution in [0, 0.1) is 0 Å². The lowest BCUT2D eigenvalue weighted by Gasteiger charge is -2.22. The van der Waals surface area contributed by atoms with Gasteiger partial charge in [0, 0.05) is 30.8 Å². The van der Waals surface area contributed by atoms with Crippen LogP contribution in [0.4, 0.5) is 11.6 Å². The number of benzene rings is 1. The molecule has 2 heterocycles. The van der Waals surface area contributed by atoms with Crippen LogP contribution in [-0.2, 0) is 12.0 Å². The molecule has 6 heteroatoms. The Balaban J connectivity index is 1.73. The first-order chi connectivity index (χ1) is 12.9. The molecule has 2 N–H and O–H groups in total. The number of rotatable bonds is 5. The van der Waals surface area contributed by atoms with Crippen LogP contribution in [-0.4, -0.2) is 20.9 Å². The summed E-state index contributed by atoms with van der Waals surface area (Å²) in [6.45, 7) is 6.88. The summed E-state index contributed by atoms with van der Waals surface area (Å²) in [6.07, 6.45) is 5.07. The second-order valence-electron chi connectivity index (χ2n) is 7.23. The van der Waals surface area contributed by atoms with Crippen molar-refractivity contribution in [2.45, 2.75) is 32.7 Å². The van der Waals surface area contributed by atoms with Crippen molar-refractivity contribution in [1.29, 1.82) is 0 Å². The van der Waals surface area contributed by atoms with Crippen LogP contribution in [0.2, 0.25) is 0 Å². The van der Waals surface area contributed by atoms with Crippen molar-refractivity contribution in [2.75, 3.05) is 10.6 Å². The third-order valence-electron chi connectivity index (χ3n) is 4.04. The van der Waals surface area contributed by atoms with Crippen molar-refractivity contribution in [1.82, 2.24) is 15.0 Å². The van der Waals surface area contributed by atoms with Gasteiger partial charge in [0.05, 0.1) is 0 Å². The number of amides is 1. The Labute approximate surface area is 159 Å². The Bertz CT molecular complexity index is 919. The highest BCUT2D eigenvalue weighted by molar-refractivity contribution is 6.03. The van der Waals surface area contributed by atoms with Crippen LogP contribution >= 0.6 is 0 Å². The molecule has 0 unspecified atom stereocenters. The number of carbonyl (C=O) groups is 1. The standard InChI is InChI=1S/C21H23N5O/c1-21(2,3)16-8-4-5-9-17(16)25-19(27)18-10-12-23-20(26-18)24-14-15-7-6-11-22-13-15/h4-13H,14H2,1-3H3,(H,25,27)(H,23,24,26). The van der Waals surface area contributed by atoms with Crippen molar-refractivity contribution in [3.63, 3.8) is 0 Å². The third kappa shape index (κ3) is 4.88. The molecule has 0 saturated heterocycles. The second kappa shape index (κ2) is 7.95. The van der Waals surface area contributed by atoms with Crippen molar-refractivity contribution in [3.8, 4) is 0 Å². The quantitative estimate of drug-likeness (QED) is 0.717. The fourth-order valence-electron chi connectivity index (χ4n) is 2.69. The first-order valence-electron chi connectivity index (χ1n) is 8.80. The lowest BCUT2D eigenvalue weighted by atomic mass is 9.86. The number of carbonyl (C=O) groups excluding carboxylic acids is 1. The number of pyridine rings is 1. The van der Waals surface area contributed by atoms with E-state index in [1.807, 2.05) is 36.4 Å². The lowest BCUT2D eigenvalue weighted by Crippen LogP contribution is -2.20. The van der Waals surface area contributed by atoms with E-state index in [2.05, 4.69) is 46.4 Å². The van der Waals surface area contributed by atoms with Crippen molar-refractivity contribution in [3.05, 3.63) is 77.9 Å². The normalized spacial score (nSPS) is 11.1. The second-order valence-corrected chi connectivity index (χ2v) is 7.23. The average molecular weight is 361 g/mol. The van der Waals surface area contributed by atoms with Crippen LogP contribution in [0.5, 0.6) is 0 Å². The highest BCUT2D eigenvalue weighted by Crippen LogP contribution is 2.29. The molecule has 0 atom stereocenters. The number of para-hydroxylation sites is 1. The largest absolute Gasteiger partial charge is 0.350 e. The Morgan fingerprint density at radius 1 is 1.04 bits per heavy atom. The third-order valence-corrected chi connectivity index (χ3v) is 4.04. The van der Waals surface area contributed by atoms with Crippen LogP contribution in [0.3, 0.4) is 0 Å². The predicted molar refractivity (Wildman–Crippen MR) is 107 cm³/mol. The average Bonchev–Trinajstić information content (AvgIpc) is 2.67. The Morgan fingerprint density at radius 3 is 2.59 bits per heavy atom. The minimum Gasteiger partial charge on any atom is -0.350 e. The highest BCUT2D eigenvalue weighted by Gasteiger charge is 2.19. The molecular weight excluding hydrogens is 338 g/mol. The molecule has 0 spiro atoms. The zero-order chi connectivity index (χ0) is 19.3. The maximum Gasteiger partial charge on any atom is 0.274 e. The summed E-state index contributed by atoms with van der Waals surface area (Å²) < 4.78 is 0. The van der Waals surface area contributed by atoms with E-state index in [9.17, 15) is 4.79 Å². The van der Waals surface area contributed by atoms with Crippen molar-refractivity contribution >= 4 is 17.5 Å². The zero-order valence-corrected chi connectivity index (χ0v) is 15.7. The molecule has 0 aliphatic carbocycles. The van der Waals surface area contributed by atoms with Crippen LogP contribution in [0.15, 0.2) is 61.1 Å². The summed E-state index contributed by atoms with van der Waals surface area (Å²) in [5.74, 6) is 0.133. The van der Waals surface area contributed by atoms with Gasteiger partial charge in [0.1, 0.15) is 5.69 Å². The van der Waals surface area contributed by atoms with Crippen LogP contribution in [0.25, 0.3) is 0 Å². The van der Waals surface area contributed by atoms with E-state index in [0.717, 1.165) is 16.8 Å². The van der Waals surface area contributed by atoms with E-state index >= 15 is 0 Å². The van der Waals surface area contributed by atoms with E-state index in [-0.39, 0.29) is 11.3 Å². The summed E-state index contributed by atoms with van der Waals surface area (Å²) in [5.41, 5.74) is 3.10. The first kappa shape index (κ1) is 18.5. The number of hydrogen-bond acceptors (Lipinski definition) is 5. The van der Waals surface area contributed by atoms with Gasteiger partial charge >= 0.3 is 0 Å². The SMILES string of the molecule is CC(C)(C)c1ccccc1NC(=O)c1ccnc(NCc2cccnc2)n1. The molecule has 27 heavy (non-hydrogen) atoms. The molecule has 2 aromatic heterocycles. The molecule has 1 amide bonds. The van der Waals surface area contributed by atoms with Crippen LogP contribution < -0.4 is 10.6 Å². The predicted octanol–water partition coefficient (Wildman–Crippen LogP) is 4.03. The van der Waals surface area contributed by atoms with Gasteiger partial charge in [0.25, 0.3) is 5.91 Å². The number of aromatic nitrogens is 3. The number of hydrogen-bond donors (Lipinski definition) is 2. The molecule has 0 saturated carbocycles.